The van der Waals surface area contributed by atoms with Crippen LogP contribution in [0.25, 0.3) is 0 Å². The maximum Gasteiger partial charge on any atom is 0.0252 e. The number of halogens is 1. The van der Waals surface area contributed by atoms with Crippen LogP contribution in [0.2, 0.25) is 0 Å². The van der Waals surface area contributed by atoms with Crippen LogP contribution in [0.15, 0.2) is 0 Å². The minimum Gasteiger partial charge on any atom is -0.300 e. The maximum atomic E-state index is 5.90. The van der Waals surface area contributed by atoms with E-state index in [2.05, 4.69) is 4.90 Å². The predicted molar refractivity (Wildman–Crippen MR) is 61.9 cm³/mol. The summed E-state index contributed by atoms with van der Waals surface area (Å²) in [4.78, 5) is 2.72. The average Bonchev–Trinajstić information content (AvgIpc) is 2.30. The Hall–Kier alpha value is 0.250. The van der Waals surface area contributed by atoms with Gasteiger partial charge in [0.15, 0.2) is 0 Å². The van der Waals surface area contributed by atoms with E-state index in [1.165, 1.54) is 58.0 Å². The van der Waals surface area contributed by atoms with Crippen LogP contribution in [0.5, 0.6) is 0 Å². The van der Waals surface area contributed by atoms with Gasteiger partial charge in [-0.05, 0) is 44.7 Å². The molecule has 1 saturated heterocycles. The van der Waals surface area contributed by atoms with Crippen molar-refractivity contribution in [3.05, 3.63) is 0 Å². The second kappa shape index (κ2) is 5.37. The largest absolute Gasteiger partial charge is 0.300 e. The van der Waals surface area contributed by atoms with Gasteiger partial charge in [-0.2, -0.15) is 0 Å². The van der Waals surface area contributed by atoms with E-state index in [1.807, 2.05) is 0 Å². The summed E-state index contributed by atoms with van der Waals surface area (Å²) in [5.41, 5.74) is 0. The van der Waals surface area contributed by atoms with Crippen molar-refractivity contribution in [3.63, 3.8) is 0 Å². The zero-order valence-corrected chi connectivity index (χ0v) is 9.81. The molecule has 2 rings (SSSR count). The van der Waals surface area contributed by atoms with Crippen LogP contribution in [0, 0.1) is 5.92 Å². The molecule has 0 bridgehead atoms. The number of hydrogen-bond acceptors (Lipinski definition) is 1. The number of piperidine rings is 1. The lowest BCUT2D eigenvalue weighted by molar-refractivity contribution is 0.112. The lowest BCUT2D eigenvalue weighted by Crippen LogP contribution is -2.42. The van der Waals surface area contributed by atoms with Gasteiger partial charge in [-0.25, -0.2) is 0 Å². The summed E-state index contributed by atoms with van der Waals surface area (Å²) in [5, 5.41) is 0. The predicted octanol–water partition coefficient (Wildman–Crippen LogP) is 3.27. The number of alkyl halides is 1. The molecule has 2 heteroatoms. The quantitative estimate of drug-likeness (QED) is 0.640. The van der Waals surface area contributed by atoms with Gasteiger partial charge in [-0.1, -0.05) is 19.3 Å². The summed E-state index contributed by atoms with van der Waals surface area (Å²) in [6.07, 6.45) is 9.95. The van der Waals surface area contributed by atoms with Crippen LogP contribution in [-0.2, 0) is 0 Å². The van der Waals surface area contributed by atoms with Crippen molar-refractivity contribution < 1.29 is 0 Å². The SMILES string of the molecule is ClCC1CCN(C2CCCCC2)CC1. The summed E-state index contributed by atoms with van der Waals surface area (Å²) in [6, 6.07) is 0.917. The molecule has 1 aliphatic heterocycles. The Labute approximate surface area is 92.8 Å². The van der Waals surface area contributed by atoms with Gasteiger partial charge in [0, 0.05) is 11.9 Å². The highest BCUT2D eigenvalue weighted by atomic mass is 35.5. The number of rotatable bonds is 2. The first-order valence-corrected chi connectivity index (χ1v) is 6.73. The van der Waals surface area contributed by atoms with Gasteiger partial charge in [0.05, 0.1) is 0 Å². The van der Waals surface area contributed by atoms with Crippen molar-refractivity contribution in [1.82, 2.24) is 4.90 Å². The molecule has 1 saturated carbocycles. The first-order valence-electron chi connectivity index (χ1n) is 6.20. The lowest BCUT2D eigenvalue weighted by atomic mass is 9.91. The summed E-state index contributed by atoms with van der Waals surface area (Å²) >= 11 is 5.90. The molecule has 0 aromatic heterocycles. The fourth-order valence-corrected chi connectivity index (χ4v) is 3.23. The molecule has 0 aromatic rings. The molecule has 1 nitrogen and oxygen atoms in total. The second-order valence-electron chi connectivity index (χ2n) is 4.93. The summed E-state index contributed by atoms with van der Waals surface area (Å²) < 4.78 is 0. The third-order valence-corrected chi connectivity index (χ3v) is 4.39. The zero-order valence-electron chi connectivity index (χ0n) is 9.05. The van der Waals surface area contributed by atoms with Crippen molar-refractivity contribution in [1.29, 1.82) is 0 Å². The Balaban J connectivity index is 1.76. The van der Waals surface area contributed by atoms with E-state index in [1.54, 1.807) is 0 Å². The molecule has 0 N–H and O–H groups in total. The van der Waals surface area contributed by atoms with E-state index in [4.69, 9.17) is 11.6 Å². The van der Waals surface area contributed by atoms with Crippen molar-refractivity contribution >= 4 is 11.6 Å². The number of likely N-dealkylation sites (tertiary alicyclic amines) is 1. The monoisotopic (exact) mass is 215 g/mol. The van der Waals surface area contributed by atoms with Gasteiger partial charge in [0.25, 0.3) is 0 Å². The minimum absolute atomic E-state index is 0.802. The van der Waals surface area contributed by atoms with Crippen molar-refractivity contribution in [2.75, 3.05) is 19.0 Å². The van der Waals surface area contributed by atoms with E-state index in [-0.39, 0.29) is 0 Å². The Morgan fingerprint density at radius 2 is 1.57 bits per heavy atom. The molecule has 0 amide bonds. The molecule has 2 fully saturated rings. The topological polar surface area (TPSA) is 3.24 Å². The molecule has 82 valence electrons. The van der Waals surface area contributed by atoms with Crippen LogP contribution in [0.4, 0.5) is 0 Å². The molecule has 0 unspecified atom stereocenters. The normalized spacial score (nSPS) is 28.1. The van der Waals surface area contributed by atoms with Gasteiger partial charge < -0.3 is 4.90 Å². The summed E-state index contributed by atoms with van der Waals surface area (Å²) in [6.45, 7) is 2.62. The maximum absolute atomic E-state index is 5.90. The molecule has 1 heterocycles. The highest BCUT2D eigenvalue weighted by molar-refractivity contribution is 6.18. The van der Waals surface area contributed by atoms with Gasteiger partial charge in [0.2, 0.25) is 0 Å². The number of hydrogen-bond donors (Lipinski definition) is 0. The zero-order chi connectivity index (χ0) is 9.80. The molecule has 0 spiro atoms. The molecular formula is C12H22ClN. The van der Waals surface area contributed by atoms with E-state index in [0.717, 1.165) is 17.8 Å². The van der Waals surface area contributed by atoms with Crippen LogP contribution in [0.1, 0.15) is 44.9 Å². The standard InChI is InChI=1S/C12H22ClN/c13-10-11-6-8-14(9-7-11)12-4-2-1-3-5-12/h11-12H,1-10H2. The molecule has 14 heavy (non-hydrogen) atoms. The van der Waals surface area contributed by atoms with Crippen molar-refractivity contribution in [2.24, 2.45) is 5.92 Å². The van der Waals surface area contributed by atoms with Crippen LogP contribution in [0.3, 0.4) is 0 Å². The van der Waals surface area contributed by atoms with Crippen LogP contribution < -0.4 is 0 Å². The smallest absolute Gasteiger partial charge is 0.0252 e. The fourth-order valence-electron chi connectivity index (χ4n) is 2.92. The molecule has 1 aliphatic carbocycles. The van der Waals surface area contributed by atoms with E-state index in [9.17, 15) is 0 Å². The second-order valence-corrected chi connectivity index (χ2v) is 5.23. The molecule has 0 aromatic carbocycles. The minimum atomic E-state index is 0.802. The van der Waals surface area contributed by atoms with Gasteiger partial charge in [0.1, 0.15) is 0 Å². The highest BCUT2D eigenvalue weighted by Crippen LogP contribution is 2.27. The highest BCUT2D eigenvalue weighted by Gasteiger charge is 2.25. The van der Waals surface area contributed by atoms with Crippen LogP contribution in [-0.4, -0.2) is 29.9 Å². The van der Waals surface area contributed by atoms with Crippen molar-refractivity contribution in [3.8, 4) is 0 Å². The Morgan fingerprint density at radius 1 is 0.929 bits per heavy atom. The molecule has 2 aliphatic rings. The Kier molecular flexibility index (Phi) is 4.12. The average molecular weight is 216 g/mol. The van der Waals surface area contributed by atoms with Gasteiger partial charge in [-0.15, -0.1) is 11.6 Å². The Morgan fingerprint density at radius 3 is 2.14 bits per heavy atom. The van der Waals surface area contributed by atoms with Gasteiger partial charge >= 0.3 is 0 Å². The summed E-state index contributed by atoms with van der Waals surface area (Å²) in [5.74, 6) is 1.68. The Bertz CT molecular complexity index is 158. The lowest BCUT2D eigenvalue weighted by Gasteiger charge is -2.38. The van der Waals surface area contributed by atoms with Crippen molar-refractivity contribution in [2.45, 2.75) is 51.0 Å². The van der Waals surface area contributed by atoms with Crippen LogP contribution >= 0.6 is 11.6 Å². The van der Waals surface area contributed by atoms with E-state index >= 15 is 0 Å². The molecule has 0 radical (unpaired) electrons. The first-order chi connectivity index (χ1) is 6.90. The summed E-state index contributed by atoms with van der Waals surface area (Å²) in [7, 11) is 0. The fraction of sp³-hybridized carbons (Fsp3) is 1.00. The molecule has 0 atom stereocenters. The number of nitrogens with zero attached hydrogens (tertiary/aromatic N) is 1. The third-order valence-electron chi connectivity index (χ3n) is 3.96. The third kappa shape index (κ3) is 2.64. The van der Waals surface area contributed by atoms with E-state index in [0.29, 0.717) is 0 Å². The van der Waals surface area contributed by atoms with Gasteiger partial charge in [-0.3, -0.25) is 0 Å². The molecular weight excluding hydrogens is 194 g/mol. The first kappa shape index (κ1) is 10.8. The van der Waals surface area contributed by atoms with E-state index < -0.39 is 0 Å².